The fourth-order valence-corrected chi connectivity index (χ4v) is 2.18. The van der Waals surface area contributed by atoms with Gasteiger partial charge in [0, 0.05) is 6.07 Å². The van der Waals surface area contributed by atoms with Crippen molar-refractivity contribution in [1.29, 1.82) is 0 Å². The van der Waals surface area contributed by atoms with Gasteiger partial charge < -0.3 is 5.32 Å². The van der Waals surface area contributed by atoms with Crippen LogP contribution in [0.3, 0.4) is 0 Å². The third kappa shape index (κ3) is 3.37. The molecule has 2 aromatic rings. The maximum absolute atomic E-state index is 12.5. The fraction of sp³-hybridized carbons (Fsp3) is 0.0833. The zero-order valence-electron chi connectivity index (χ0n) is 10.2. The zero-order chi connectivity index (χ0) is 15.6. The molecule has 110 valence electrons. The van der Waals surface area contributed by atoms with E-state index >= 15 is 0 Å². The van der Waals surface area contributed by atoms with Crippen molar-refractivity contribution < 1.29 is 22.9 Å². The SMILES string of the molecule is O=C(Nc1ccc(C(F)(F)F)cc1[N+](=O)[O-])c1cccs1. The lowest BCUT2D eigenvalue weighted by atomic mass is 10.1. The second kappa shape index (κ2) is 5.52. The molecule has 0 aliphatic carbocycles. The van der Waals surface area contributed by atoms with Crippen LogP contribution in [0.2, 0.25) is 0 Å². The Kier molecular flexibility index (Phi) is 3.94. The molecule has 0 atom stereocenters. The van der Waals surface area contributed by atoms with Gasteiger partial charge in [0.2, 0.25) is 0 Å². The van der Waals surface area contributed by atoms with E-state index in [1.165, 1.54) is 6.07 Å². The van der Waals surface area contributed by atoms with Crippen LogP contribution in [0.1, 0.15) is 15.2 Å². The molecule has 0 bridgehead atoms. The quantitative estimate of drug-likeness (QED) is 0.689. The van der Waals surface area contributed by atoms with E-state index in [1.54, 1.807) is 11.4 Å². The van der Waals surface area contributed by atoms with E-state index in [-0.39, 0.29) is 5.69 Å². The molecule has 5 nitrogen and oxygen atoms in total. The minimum absolute atomic E-state index is 0.286. The van der Waals surface area contributed by atoms with Crippen molar-refractivity contribution >= 4 is 28.6 Å². The van der Waals surface area contributed by atoms with Gasteiger partial charge in [-0.15, -0.1) is 11.3 Å². The fourth-order valence-electron chi connectivity index (χ4n) is 1.56. The first-order valence-corrected chi connectivity index (χ1v) is 6.37. The number of alkyl halides is 3. The summed E-state index contributed by atoms with van der Waals surface area (Å²) in [5, 5.41) is 14.7. The number of carbonyl (C=O) groups excluding carboxylic acids is 1. The third-order valence-electron chi connectivity index (χ3n) is 2.51. The number of benzene rings is 1. The van der Waals surface area contributed by atoms with Crippen LogP contribution in [0.4, 0.5) is 24.5 Å². The van der Waals surface area contributed by atoms with Gasteiger partial charge in [-0.05, 0) is 23.6 Å². The average Bonchev–Trinajstić information content (AvgIpc) is 2.91. The number of amides is 1. The van der Waals surface area contributed by atoms with Gasteiger partial charge in [0.05, 0.1) is 15.4 Å². The van der Waals surface area contributed by atoms with E-state index < -0.39 is 28.3 Å². The van der Waals surface area contributed by atoms with Crippen LogP contribution in [0, 0.1) is 10.1 Å². The molecule has 0 saturated heterocycles. The minimum atomic E-state index is -4.69. The van der Waals surface area contributed by atoms with Crippen LogP contribution in [0.5, 0.6) is 0 Å². The lowest BCUT2D eigenvalue weighted by Crippen LogP contribution is -2.13. The lowest BCUT2D eigenvalue weighted by Gasteiger charge is -2.09. The Morgan fingerprint density at radius 1 is 1.29 bits per heavy atom. The highest BCUT2D eigenvalue weighted by Gasteiger charge is 2.33. The maximum atomic E-state index is 12.5. The van der Waals surface area contributed by atoms with Crippen molar-refractivity contribution in [3.63, 3.8) is 0 Å². The van der Waals surface area contributed by atoms with Gasteiger partial charge >= 0.3 is 6.18 Å². The second-order valence-corrected chi connectivity index (χ2v) is 4.87. The smallest absolute Gasteiger partial charge is 0.316 e. The number of carbonyl (C=O) groups is 1. The topological polar surface area (TPSA) is 72.2 Å². The number of hydrogen-bond donors (Lipinski definition) is 1. The van der Waals surface area contributed by atoms with E-state index in [0.717, 1.165) is 17.4 Å². The molecule has 0 saturated carbocycles. The number of nitrogens with one attached hydrogen (secondary N) is 1. The van der Waals surface area contributed by atoms with E-state index in [1.807, 2.05) is 0 Å². The monoisotopic (exact) mass is 316 g/mol. The van der Waals surface area contributed by atoms with Crippen LogP contribution in [-0.2, 0) is 6.18 Å². The van der Waals surface area contributed by atoms with Crippen molar-refractivity contribution in [1.82, 2.24) is 0 Å². The van der Waals surface area contributed by atoms with Gasteiger partial charge in [-0.1, -0.05) is 6.07 Å². The summed E-state index contributed by atoms with van der Waals surface area (Å²) in [7, 11) is 0. The molecule has 1 aromatic carbocycles. The molecule has 1 amide bonds. The Morgan fingerprint density at radius 2 is 2.00 bits per heavy atom. The van der Waals surface area contributed by atoms with Gasteiger partial charge in [0.25, 0.3) is 11.6 Å². The zero-order valence-corrected chi connectivity index (χ0v) is 11.0. The van der Waals surface area contributed by atoms with Crippen molar-refractivity contribution in [3.8, 4) is 0 Å². The molecular weight excluding hydrogens is 309 g/mol. The summed E-state index contributed by atoms with van der Waals surface area (Å²) in [6, 6.07) is 5.05. The predicted molar refractivity (Wildman–Crippen MR) is 70.4 cm³/mol. The number of nitrogens with zero attached hydrogens (tertiary/aromatic N) is 1. The third-order valence-corrected chi connectivity index (χ3v) is 3.38. The first-order chi connectivity index (χ1) is 9.79. The van der Waals surface area contributed by atoms with E-state index in [0.29, 0.717) is 17.0 Å². The molecule has 1 aromatic heterocycles. The van der Waals surface area contributed by atoms with Gasteiger partial charge in [0.1, 0.15) is 5.69 Å². The molecule has 1 N–H and O–H groups in total. The molecular formula is C12H7F3N2O3S. The summed E-state index contributed by atoms with van der Waals surface area (Å²) >= 11 is 1.11. The largest absolute Gasteiger partial charge is 0.416 e. The average molecular weight is 316 g/mol. The number of anilines is 1. The molecule has 0 fully saturated rings. The summed E-state index contributed by atoms with van der Waals surface area (Å²) in [5.74, 6) is -0.618. The molecule has 0 radical (unpaired) electrons. The number of hydrogen-bond acceptors (Lipinski definition) is 4. The van der Waals surface area contributed by atoms with Gasteiger partial charge in [-0.3, -0.25) is 14.9 Å². The molecule has 0 aliphatic rings. The number of halogens is 3. The van der Waals surface area contributed by atoms with Crippen LogP contribution in [-0.4, -0.2) is 10.8 Å². The summed E-state index contributed by atoms with van der Waals surface area (Å²) in [6.07, 6.45) is -4.69. The Bertz CT molecular complexity index is 684. The number of nitro groups is 1. The summed E-state index contributed by atoms with van der Waals surface area (Å²) in [4.78, 5) is 22.0. The van der Waals surface area contributed by atoms with E-state index in [9.17, 15) is 28.1 Å². The number of nitro benzene ring substituents is 1. The van der Waals surface area contributed by atoms with Crippen molar-refractivity contribution in [2.45, 2.75) is 6.18 Å². The van der Waals surface area contributed by atoms with Gasteiger partial charge in [-0.25, -0.2) is 0 Å². The van der Waals surface area contributed by atoms with Gasteiger partial charge in [-0.2, -0.15) is 13.2 Å². The van der Waals surface area contributed by atoms with Crippen LogP contribution in [0.25, 0.3) is 0 Å². The standard InChI is InChI=1S/C12H7F3N2O3S/c13-12(14,15)7-3-4-8(9(6-7)17(19)20)16-11(18)10-2-1-5-21-10/h1-6H,(H,16,18). The minimum Gasteiger partial charge on any atom is -0.316 e. The van der Waals surface area contributed by atoms with Crippen molar-refractivity contribution in [2.24, 2.45) is 0 Å². The molecule has 0 unspecified atom stereocenters. The molecule has 0 aliphatic heterocycles. The summed E-state index contributed by atoms with van der Waals surface area (Å²) in [6.45, 7) is 0. The summed E-state index contributed by atoms with van der Waals surface area (Å²) < 4.78 is 37.6. The van der Waals surface area contributed by atoms with Crippen LogP contribution in [0.15, 0.2) is 35.7 Å². The molecule has 21 heavy (non-hydrogen) atoms. The van der Waals surface area contributed by atoms with E-state index in [4.69, 9.17) is 0 Å². The van der Waals surface area contributed by atoms with Crippen LogP contribution < -0.4 is 5.32 Å². The Balaban J connectivity index is 2.35. The lowest BCUT2D eigenvalue weighted by molar-refractivity contribution is -0.384. The van der Waals surface area contributed by atoms with Crippen molar-refractivity contribution in [3.05, 3.63) is 56.3 Å². The highest BCUT2D eigenvalue weighted by Crippen LogP contribution is 2.35. The Morgan fingerprint density at radius 3 is 2.52 bits per heavy atom. The van der Waals surface area contributed by atoms with Crippen LogP contribution >= 0.6 is 11.3 Å². The molecule has 9 heteroatoms. The van der Waals surface area contributed by atoms with Gasteiger partial charge in [0.15, 0.2) is 0 Å². The normalized spacial score (nSPS) is 11.2. The number of thiophene rings is 1. The predicted octanol–water partition coefficient (Wildman–Crippen LogP) is 3.93. The van der Waals surface area contributed by atoms with Crippen molar-refractivity contribution in [2.75, 3.05) is 5.32 Å². The molecule has 1 heterocycles. The Hall–Kier alpha value is -2.42. The highest BCUT2D eigenvalue weighted by molar-refractivity contribution is 7.12. The first kappa shape index (κ1) is 15.0. The first-order valence-electron chi connectivity index (χ1n) is 5.49. The van der Waals surface area contributed by atoms with E-state index in [2.05, 4.69) is 5.32 Å². The molecule has 0 spiro atoms. The maximum Gasteiger partial charge on any atom is 0.416 e. The molecule has 2 rings (SSSR count). The second-order valence-electron chi connectivity index (χ2n) is 3.92. The summed E-state index contributed by atoms with van der Waals surface area (Å²) in [5.41, 5.74) is -2.25. The number of rotatable bonds is 3. The highest BCUT2D eigenvalue weighted by atomic mass is 32.1. The Labute approximate surface area is 120 Å².